The number of nitrogens with one attached hydrogen (secondary N) is 1. The zero-order valence-electron chi connectivity index (χ0n) is 17.4. The number of amides is 1. The third-order valence-electron chi connectivity index (χ3n) is 4.39. The highest BCUT2D eigenvalue weighted by Crippen LogP contribution is 2.17. The zero-order chi connectivity index (χ0) is 23.0. The predicted molar refractivity (Wildman–Crippen MR) is 116 cm³/mol. The van der Waals surface area contributed by atoms with E-state index in [1.165, 1.54) is 0 Å². The quantitative estimate of drug-likeness (QED) is 0.207. The number of hydrogen-bond acceptors (Lipinski definition) is 5. The van der Waals surface area contributed by atoms with Crippen LogP contribution in [0.5, 0.6) is 5.75 Å². The number of carbonyl (C=O) groups is 3. The van der Waals surface area contributed by atoms with Crippen LogP contribution in [0.15, 0.2) is 53.5 Å². The highest BCUT2D eigenvalue weighted by atomic mass is 16.5. The van der Waals surface area contributed by atoms with Gasteiger partial charge < -0.3 is 26.6 Å². The Bertz CT molecular complexity index is 949. The summed E-state index contributed by atoms with van der Waals surface area (Å²) in [6, 6.07) is 12.1. The Hall–Kier alpha value is -3.88. The summed E-state index contributed by atoms with van der Waals surface area (Å²) < 4.78 is 5.34. The van der Waals surface area contributed by atoms with Crippen molar-refractivity contribution in [3.05, 3.63) is 59.7 Å². The van der Waals surface area contributed by atoms with Crippen molar-refractivity contribution in [3.63, 3.8) is 0 Å². The molecule has 6 N–H and O–H groups in total. The van der Waals surface area contributed by atoms with Crippen LogP contribution in [0.2, 0.25) is 0 Å². The van der Waals surface area contributed by atoms with Gasteiger partial charge in [0.15, 0.2) is 5.96 Å². The average Bonchev–Trinajstić information content (AvgIpc) is 2.71. The molecule has 0 saturated heterocycles. The van der Waals surface area contributed by atoms with Gasteiger partial charge in [-0.15, -0.1) is 0 Å². The fourth-order valence-corrected chi connectivity index (χ4v) is 2.73. The Morgan fingerprint density at radius 2 is 1.65 bits per heavy atom. The largest absolute Gasteiger partial charge is 0.480 e. The molecule has 0 aliphatic heterocycles. The van der Waals surface area contributed by atoms with Gasteiger partial charge in [0.25, 0.3) is 0 Å². The maximum Gasteiger partial charge on any atom is 0.343 e. The number of carbonyl (C=O) groups excluding carboxylic acids is 2. The Kier molecular flexibility index (Phi) is 8.13. The number of carboxylic acids is 1. The number of carboxylic acid groups (broad SMARTS) is 1. The number of rotatable bonds is 9. The molecule has 0 spiro atoms. The van der Waals surface area contributed by atoms with E-state index in [-0.39, 0.29) is 24.2 Å². The number of esters is 1. The summed E-state index contributed by atoms with van der Waals surface area (Å²) in [6.45, 7) is 3.47. The van der Waals surface area contributed by atoms with Crippen molar-refractivity contribution in [1.82, 2.24) is 5.32 Å². The van der Waals surface area contributed by atoms with Crippen LogP contribution in [0.25, 0.3) is 0 Å². The summed E-state index contributed by atoms with van der Waals surface area (Å²) in [4.78, 5) is 39.3. The van der Waals surface area contributed by atoms with Gasteiger partial charge in [0.1, 0.15) is 11.8 Å². The van der Waals surface area contributed by atoms with Crippen molar-refractivity contribution in [1.29, 1.82) is 0 Å². The maximum atomic E-state index is 12.3. The Balaban J connectivity index is 1.89. The first-order valence-corrected chi connectivity index (χ1v) is 9.68. The molecule has 0 heterocycles. The first-order valence-electron chi connectivity index (χ1n) is 9.68. The molecule has 2 aromatic rings. The standard InChI is InChI=1S/C22H26N4O5/c1-13(2)19(20(28)29)26-18(27)12-5-14-3-10-17(11-4-14)31-21(30)15-6-8-16(9-7-15)25-22(23)24/h3-4,6-11,13,19H,5,12H2,1-2H3,(H,26,27)(H,28,29)(H4,23,24,25)/t19-/m0/s1. The van der Waals surface area contributed by atoms with Gasteiger partial charge in [0.05, 0.1) is 11.3 Å². The molecule has 164 valence electrons. The minimum Gasteiger partial charge on any atom is -0.480 e. The van der Waals surface area contributed by atoms with Crippen LogP contribution in [-0.2, 0) is 16.0 Å². The van der Waals surface area contributed by atoms with Gasteiger partial charge in [-0.1, -0.05) is 26.0 Å². The van der Waals surface area contributed by atoms with Gasteiger partial charge in [0, 0.05) is 6.42 Å². The smallest absolute Gasteiger partial charge is 0.343 e. The molecule has 1 atom stereocenters. The van der Waals surface area contributed by atoms with Crippen molar-refractivity contribution >= 4 is 29.5 Å². The number of aliphatic imine (C=N–C) groups is 1. The minimum absolute atomic E-state index is 0.0745. The highest BCUT2D eigenvalue weighted by Gasteiger charge is 2.23. The van der Waals surface area contributed by atoms with Crippen molar-refractivity contribution in [2.24, 2.45) is 22.4 Å². The van der Waals surface area contributed by atoms with Crippen LogP contribution >= 0.6 is 0 Å². The number of guanidine groups is 1. The molecule has 1 amide bonds. The predicted octanol–water partition coefficient (Wildman–Crippen LogP) is 1.97. The number of nitrogens with zero attached hydrogens (tertiary/aromatic N) is 1. The molecule has 0 aromatic heterocycles. The Morgan fingerprint density at radius 1 is 1.03 bits per heavy atom. The number of benzene rings is 2. The molecule has 0 saturated carbocycles. The van der Waals surface area contributed by atoms with Crippen molar-refractivity contribution < 1.29 is 24.2 Å². The monoisotopic (exact) mass is 426 g/mol. The lowest BCUT2D eigenvalue weighted by atomic mass is 10.0. The molecule has 0 radical (unpaired) electrons. The van der Waals surface area contributed by atoms with E-state index in [9.17, 15) is 14.4 Å². The van der Waals surface area contributed by atoms with Gasteiger partial charge in [0.2, 0.25) is 5.91 Å². The zero-order valence-corrected chi connectivity index (χ0v) is 17.4. The molecule has 31 heavy (non-hydrogen) atoms. The third kappa shape index (κ3) is 7.46. The van der Waals surface area contributed by atoms with Crippen molar-refractivity contribution in [3.8, 4) is 5.75 Å². The summed E-state index contributed by atoms with van der Waals surface area (Å²) >= 11 is 0. The molecule has 0 fully saturated rings. The number of aryl methyl sites for hydroxylation is 1. The molecule has 0 aliphatic carbocycles. The van der Waals surface area contributed by atoms with E-state index in [1.807, 2.05) is 0 Å². The second kappa shape index (κ2) is 10.8. The van der Waals surface area contributed by atoms with E-state index < -0.39 is 18.0 Å². The van der Waals surface area contributed by atoms with Gasteiger partial charge in [-0.25, -0.2) is 14.6 Å². The summed E-state index contributed by atoms with van der Waals surface area (Å²) in [5.41, 5.74) is 12.3. The average molecular weight is 426 g/mol. The van der Waals surface area contributed by atoms with E-state index in [0.29, 0.717) is 23.4 Å². The lowest BCUT2D eigenvalue weighted by Gasteiger charge is -2.17. The van der Waals surface area contributed by atoms with E-state index in [1.54, 1.807) is 62.4 Å². The molecule has 2 rings (SSSR count). The fourth-order valence-electron chi connectivity index (χ4n) is 2.73. The Morgan fingerprint density at radius 3 is 2.16 bits per heavy atom. The summed E-state index contributed by atoms with van der Waals surface area (Å²) in [5, 5.41) is 11.7. The van der Waals surface area contributed by atoms with Gasteiger partial charge in [-0.05, 0) is 54.3 Å². The van der Waals surface area contributed by atoms with Gasteiger partial charge in [-0.3, -0.25) is 4.79 Å². The van der Waals surface area contributed by atoms with Crippen LogP contribution in [0, 0.1) is 5.92 Å². The van der Waals surface area contributed by atoms with E-state index in [2.05, 4.69) is 10.3 Å². The number of ether oxygens (including phenoxy) is 1. The summed E-state index contributed by atoms with van der Waals surface area (Å²) in [6.07, 6.45) is 0.578. The third-order valence-corrected chi connectivity index (χ3v) is 4.39. The SMILES string of the molecule is CC(C)[C@H](NC(=O)CCc1ccc(OC(=O)c2ccc(N=C(N)N)cc2)cc1)C(=O)O. The first kappa shape index (κ1) is 23.4. The molecular weight excluding hydrogens is 400 g/mol. The summed E-state index contributed by atoms with van der Waals surface area (Å²) in [7, 11) is 0. The number of nitrogens with two attached hydrogens (primary N) is 2. The van der Waals surface area contributed by atoms with Crippen LogP contribution < -0.4 is 21.5 Å². The topological polar surface area (TPSA) is 157 Å². The molecule has 0 aliphatic rings. The van der Waals surface area contributed by atoms with Crippen LogP contribution in [-0.4, -0.2) is 35.0 Å². The molecule has 2 aromatic carbocycles. The van der Waals surface area contributed by atoms with E-state index in [4.69, 9.17) is 21.3 Å². The van der Waals surface area contributed by atoms with Crippen LogP contribution in [0.4, 0.5) is 5.69 Å². The number of aliphatic carboxylic acids is 1. The molecule has 0 bridgehead atoms. The van der Waals surface area contributed by atoms with Crippen LogP contribution in [0.1, 0.15) is 36.2 Å². The minimum atomic E-state index is -1.06. The molecular formula is C22H26N4O5. The Labute approximate surface area is 180 Å². The lowest BCUT2D eigenvalue weighted by Crippen LogP contribution is -2.44. The summed E-state index contributed by atoms with van der Waals surface area (Å²) in [5.74, 6) is -1.84. The second-order valence-electron chi connectivity index (χ2n) is 7.24. The first-order chi connectivity index (χ1) is 14.7. The fraction of sp³-hybridized carbons (Fsp3) is 0.273. The molecule has 9 nitrogen and oxygen atoms in total. The van der Waals surface area contributed by atoms with Crippen molar-refractivity contribution in [2.45, 2.75) is 32.7 Å². The van der Waals surface area contributed by atoms with Crippen molar-refractivity contribution in [2.75, 3.05) is 0 Å². The molecule has 0 unspecified atom stereocenters. The molecule has 9 heteroatoms. The van der Waals surface area contributed by atoms with Gasteiger partial charge >= 0.3 is 11.9 Å². The highest BCUT2D eigenvalue weighted by molar-refractivity contribution is 5.91. The lowest BCUT2D eigenvalue weighted by molar-refractivity contribution is -0.143. The maximum absolute atomic E-state index is 12.3. The van der Waals surface area contributed by atoms with E-state index >= 15 is 0 Å². The van der Waals surface area contributed by atoms with Crippen LogP contribution in [0.3, 0.4) is 0 Å². The second-order valence-corrected chi connectivity index (χ2v) is 7.24. The normalized spacial score (nSPS) is 11.5. The van der Waals surface area contributed by atoms with Gasteiger partial charge in [-0.2, -0.15) is 0 Å². The van der Waals surface area contributed by atoms with E-state index in [0.717, 1.165) is 5.56 Å². The number of hydrogen-bond donors (Lipinski definition) is 4.